The monoisotopic (exact) mass is 370 g/mol. The second kappa shape index (κ2) is 6.02. The van der Waals surface area contributed by atoms with Crippen molar-refractivity contribution in [2.45, 2.75) is 31.7 Å². The van der Waals surface area contributed by atoms with Crippen molar-refractivity contribution in [1.29, 1.82) is 0 Å². The van der Waals surface area contributed by atoms with Crippen LogP contribution in [0, 0.1) is 24.3 Å². The van der Waals surface area contributed by atoms with E-state index >= 15 is 0 Å². The molecule has 1 heterocycles. The lowest BCUT2D eigenvalue weighted by molar-refractivity contribution is 0.880. The lowest BCUT2D eigenvalue weighted by Gasteiger charge is -2.06. The highest BCUT2D eigenvalue weighted by Gasteiger charge is 2.05. The molecule has 0 bridgehead atoms. The van der Waals surface area contributed by atoms with Gasteiger partial charge in [0, 0.05) is 20.7 Å². The number of benzene rings is 1. The number of rotatable bonds is 3. The standard InChI is InChI=1S/C14H15IN2S/c1-9-10(2)16-14(17-11(9)3)18-8-12-4-6-13(15)7-5-12/h4-7H,8H2,1-3H3. The first-order valence-corrected chi connectivity index (χ1v) is 7.82. The molecular formula is C14H15IN2S. The zero-order valence-electron chi connectivity index (χ0n) is 10.7. The molecule has 0 amide bonds. The molecule has 18 heavy (non-hydrogen) atoms. The van der Waals surface area contributed by atoms with E-state index in [0.29, 0.717) is 0 Å². The van der Waals surface area contributed by atoms with Crippen LogP contribution in [0.5, 0.6) is 0 Å². The SMILES string of the molecule is Cc1nc(SCc2ccc(I)cc2)nc(C)c1C. The molecule has 0 radical (unpaired) electrons. The van der Waals surface area contributed by atoms with E-state index in [2.05, 4.69) is 63.7 Å². The number of aromatic nitrogens is 2. The summed E-state index contributed by atoms with van der Waals surface area (Å²) in [6, 6.07) is 8.57. The highest BCUT2D eigenvalue weighted by Crippen LogP contribution is 2.21. The highest BCUT2D eigenvalue weighted by atomic mass is 127. The van der Waals surface area contributed by atoms with Crippen molar-refractivity contribution in [2.75, 3.05) is 0 Å². The molecule has 0 saturated carbocycles. The molecule has 0 aliphatic rings. The maximum Gasteiger partial charge on any atom is 0.188 e. The van der Waals surface area contributed by atoms with Gasteiger partial charge in [-0.3, -0.25) is 0 Å². The van der Waals surface area contributed by atoms with Crippen LogP contribution < -0.4 is 0 Å². The molecule has 0 N–H and O–H groups in total. The number of hydrogen-bond acceptors (Lipinski definition) is 3. The summed E-state index contributed by atoms with van der Waals surface area (Å²) in [5.74, 6) is 0.916. The van der Waals surface area contributed by atoms with Gasteiger partial charge in [0.25, 0.3) is 0 Å². The van der Waals surface area contributed by atoms with Gasteiger partial charge in [-0.05, 0) is 66.6 Å². The predicted octanol–water partition coefficient (Wildman–Crippen LogP) is 4.30. The van der Waals surface area contributed by atoms with Gasteiger partial charge in [-0.15, -0.1) is 0 Å². The molecule has 1 aromatic heterocycles. The minimum atomic E-state index is 0.870. The van der Waals surface area contributed by atoms with Crippen molar-refractivity contribution >= 4 is 34.4 Å². The minimum absolute atomic E-state index is 0.870. The van der Waals surface area contributed by atoms with E-state index in [4.69, 9.17) is 0 Å². The Labute approximate surface area is 126 Å². The van der Waals surface area contributed by atoms with E-state index in [-0.39, 0.29) is 0 Å². The van der Waals surface area contributed by atoms with Crippen molar-refractivity contribution in [2.24, 2.45) is 0 Å². The summed E-state index contributed by atoms with van der Waals surface area (Å²) >= 11 is 4.01. The largest absolute Gasteiger partial charge is 0.228 e. The Bertz CT molecular complexity index is 529. The minimum Gasteiger partial charge on any atom is -0.228 e. The third-order valence-electron chi connectivity index (χ3n) is 2.89. The summed E-state index contributed by atoms with van der Waals surface area (Å²) in [7, 11) is 0. The summed E-state index contributed by atoms with van der Waals surface area (Å²) in [6.45, 7) is 6.15. The molecule has 0 fully saturated rings. The average Bonchev–Trinajstić information content (AvgIpc) is 2.35. The fraction of sp³-hybridized carbons (Fsp3) is 0.286. The van der Waals surface area contributed by atoms with Crippen molar-refractivity contribution in [1.82, 2.24) is 9.97 Å². The molecule has 0 aliphatic heterocycles. The van der Waals surface area contributed by atoms with Crippen molar-refractivity contribution < 1.29 is 0 Å². The third kappa shape index (κ3) is 3.45. The third-order valence-corrected chi connectivity index (χ3v) is 4.53. The number of thioether (sulfide) groups is 1. The molecule has 0 atom stereocenters. The Kier molecular flexibility index (Phi) is 4.61. The van der Waals surface area contributed by atoms with Gasteiger partial charge in [0.05, 0.1) is 0 Å². The molecule has 0 spiro atoms. The molecule has 2 nitrogen and oxygen atoms in total. The van der Waals surface area contributed by atoms with Crippen LogP contribution >= 0.6 is 34.4 Å². The van der Waals surface area contributed by atoms with E-state index in [1.165, 1.54) is 14.7 Å². The van der Waals surface area contributed by atoms with Crippen LogP contribution in [-0.2, 0) is 5.75 Å². The molecule has 94 valence electrons. The summed E-state index contributed by atoms with van der Waals surface area (Å²) < 4.78 is 1.26. The quantitative estimate of drug-likeness (QED) is 0.458. The number of nitrogens with zero attached hydrogens (tertiary/aromatic N) is 2. The van der Waals surface area contributed by atoms with E-state index in [9.17, 15) is 0 Å². The Morgan fingerprint density at radius 2 is 1.56 bits per heavy atom. The number of aryl methyl sites for hydroxylation is 2. The molecule has 0 aliphatic carbocycles. The van der Waals surface area contributed by atoms with Crippen LogP contribution in [0.25, 0.3) is 0 Å². The van der Waals surface area contributed by atoms with Crippen LogP contribution in [0.4, 0.5) is 0 Å². The Hall–Kier alpha value is -0.620. The molecule has 4 heteroatoms. The summed E-state index contributed by atoms with van der Waals surface area (Å²) in [5, 5.41) is 0.870. The van der Waals surface area contributed by atoms with Gasteiger partial charge in [0.1, 0.15) is 0 Å². The van der Waals surface area contributed by atoms with Crippen LogP contribution in [0.1, 0.15) is 22.5 Å². The fourth-order valence-electron chi connectivity index (χ4n) is 1.53. The van der Waals surface area contributed by atoms with Gasteiger partial charge in [-0.1, -0.05) is 23.9 Å². The van der Waals surface area contributed by atoms with E-state index < -0.39 is 0 Å². The Morgan fingerprint density at radius 3 is 2.11 bits per heavy atom. The topological polar surface area (TPSA) is 25.8 Å². The smallest absolute Gasteiger partial charge is 0.188 e. The molecule has 1 aromatic carbocycles. The first kappa shape index (κ1) is 13.8. The van der Waals surface area contributed by atoms with E-state index in [0.717, 1.165) is 22.3 Å². The first-order chi connectivity index (χ1) is 8.56. The van der Waals surface area contributed by atoms with E-state index in [1.807, 2.05) is 13.8 Å². The van der Waals surface area contributed by atoms with Crippen molar-refractivity contribution in [3.63, 3.8) is 0 Å². The Balaban J connectivity index is 2.08. The summed E-state index contributed by atoms with van der Waals surface area (Å²) in [4.78, 5) is 9.03. The van der Waals surface area contributed by atoms with Crippen LogP contribution in [-0.4, -0.2) is 9.97 Å². The second-order valence-corrected chi connectivity index (χ2v) is 6.41. The first-order valence-electron chi connectivity index (χ1n) is 5.75. The van der Waals surface area contributed by atoms with Crippen molar-refractivity contribution in [3.8, 4) is 0 Å². The van der Waals surface area contributed by atoms with Gasteiger partial charge in [-0.2, -0.15) is 0 Å². The van der Waals surface area contributed by atoms with Crippen molar-refractivity contribution in [3.05, 3.63) is 50.4 Å². The van der Waals surface area contributed by atoms with Crippen LogP contribution in [0.2, 0.25) is 0 Å². The van der Waals surface area contributed by atoms with Gasteiger partial charge in [-0.25, -0.2) is 9.97 Å². The summed E-state index contributed by atoms with van der Waals surface area (Å²) in [5.41, 5.74) is 4.65. The number of halogens is 1. The van der Waals surface area contributed by atoms with Gasteiger partial charge < -0.3 is 0 Å². The molecule has 2 aromatic rings. The predicted molar refractivity (Wildman–Crippen MR) is 85.0 cm³/mol. The average molecular weight is 370 g/mol. The fourth-order valence-corrected chi connectivity index (χ4v) is 2.79. The lowest BCUT2D eigenvalue weighted by atomic mass is 10.2. The molecular weight excluding hydrogens is 355 g/mol. The number of hydrogen-bond donors (Lipinski definition) is 0. The van der Waals surface area contributed by atoms with Gasteiger partial charge in [0.2, 0.25) is 0 Å². The second-order valence-electron chi connectivity index (χ2n) is 4.22. The maximum atomic E-state index is 4.52. The van der Waals surface area contributed by atoms with E-state index in [1.54, 1.807) is 11.8 Å². The summed E-state index contributed by atoms with van der Waals surface area (Å²) in [6.07, 6.45) is 0. The zero-order chi connectivity index (χ0) is 13.1. The van der Waals surface area contributed by atoms with Crippen LogP contribution in [0.15, 0.2) is 29.4 Å². The molecule has 0 unspecified atom stereocenters. The molecule has 0 saturated heterocycles. The van der Waals surface area contributed by atoms with Gasteiger partial charge in [0.15, 0.2) is 5.16 Å². The maximum absolute atomic E-state index is 4.52. The lowest BCUT2D eigenvalue weighted by Crippen LogP contribution is -1.98. The van der Waals surface area contributed by atoms with Gasteiger partial charge >= 0.3 is 0 Å². The highest BCUT2D eigenvalue weighted by molar-refractivity contribution is 14.1. The normalized spacial score (nSPS) is 10.7. The zero-order valence-corrected chi connectivity index (χ0v) is 13.7. The van der Waals surface area contributed by atoms with Crippen LogP contribution in [0.3, 0.4) is 0 Å². The Morgan fingerprint density at radius 1 is 1.00 bits per heavy atom. The molecule has 2 rings (SSSR count).